The highest BCUT2D eigenvalue weighted by atomic mass is 16.5. The van der Waals surface area contributed by atoms with E-state index in [0.717, 1.165) is 0 Å². The normalized spacial score (nSPS) is 10.6. The molecule has 22 heavy (non-hydrogen) atoms. The van der Waals surface area contributed by atoms with E-state index in [1.807, 2.05) is 12.1 Å². The number of fused-ring (bicyclic) bond motifs is 1. The van der Waals surface area contributed by atoms with Crippen LogP contribution in [0.15, 0.2) is 41.2 Å². The summed E-state index contributed by atoms with van der Waals surface area (Å²) in [6.07, 6.45) is 0. The number of aromatic amines is 1. The van der Waals surface area contributed by atoms with Gasteiger partial charge in [0.1, 0.15) is 5.82 Å². The van der Waals surface area contributed by atoms with Gasteiger partial charge in [-0.25, -0.2) is 4.98 Å². The van der Waals surface area contributed by atoms with E-state index >= 15 is 0 Å². The SMILES string of the molecule is COc1cc2nc(-c3ccccc3N)[nH]c(=O)c2cc1OC. The van der Waals surface area contributed by atoms with Crippen LogP contribution in [0.1, 0.15) is 0 Å². The van der Waals surface area contributed by atoms with E-state index in [4.69, 9.17) is 15.2 Å². The first kappa shape index (κ1) is 13.9. The van der Waals surface area contributed by atoms with Crippen molar-refractivity contribution in [1.82, 2.24) is 9.97 Å². The number of anilines is 1. The van der Waals surface area contributed by atoms with Crippen LogP contribution in [0, 0.1) is 0 Å². The quantitative estimate of drug-likeness (QED) is 0.723. The highest BCUT2D eigenvalue weighted by Crippen LogP contribution is 2.31. The maximum atomic E-state index is 12.3. The molecule has 0 radical (unpaired) electrons. The van der Waals surface area contributed by atoms with Crippen molar-refractivity contribution in [3.63, 3.8) is 0 Å². The molecule has 0 aliphatic rings. The molecule has 0 unspecified atom stereocenters. The fraction of sp³-hybridized carbons (Fsp3) is 0.125. The molecule has 6 nitrogen and oxygen atoms in total. The molecule has 0 aliphatic heterocycles. The predicted octanol–water partition coefficient (Wildman–Crippen LogP) is 2.19. The van der Waals surface area contributed by atoms with Gasteiger partial charge in [0.25, 0.3) is 5.56 Å². The van der Waals surface area contributed by atoms with E-state index in [2.05, 4.69) is 9.97 Å². The number of methoxy groups -OCH3 is 2. The van der Waals surface area contributed by atoms with Crippen LogP contribution < -0.4 is 20.8 Å². The molecule has 0 saturated heterocycles. The third-order valence-corrected chi connectivity index (χ3v) is 3.43. The Morgan fingerprint density at radius 1 is 1.09 bits per heavy atom. The molecule has 3 rings (SSSR count). The van der Waals surface area contributed by atoms with E-state index in [-0.39, 0.29) is 5.56 Å². The summed E-state index contributed by atoms with van der Waals surface area (Å²) in [6, 6.07) is 10.5. The van der Waals surface area contributed by atoms with Crippen molar-refractivity contribution in [2.45, 2.75) is 0 Å². The number of para-hydroxylation sites is 1. The molecule has 3 N–H and O–H groups in total. The van der Waals surface area contributed by atoms with Gasteiger partial charge in [-0.15, -0.1) is 0 Å². The van der Waals surface area contributed by atoms with Crippen LogP contribution >= 0.6 is 0 Å². The molecule has 0 amide bonds. The van der Waals surface area contributed by atoms with Gasteiger partial charge in [-0.2, -0.15) is 0 Å². The monoisotopic (exact) mass is 297 g/mol. The first-order valence-electron chi connectivity index (χ1n) is 6.65. The Labute approximate surface area is 126 Å². The third kappa shape index (κ3) is 2.24. The minimum atomic E-state index is -0.260. The number of benzene rings is 2. The van der Waals surface area contributed by atoms with Crippen molar-refractivity contribution in [3.8, 4) is 22.9 Å². The Morgan fingerprint density at radius 3 is 2.45 bits per heavy atom. The van der Waals surface area contributed by atoms with Crippen molar-refractivity contribution in [2.24, 2.45) is 0 Å². The van der Waals surface area contributed by atoms with Crippen molar-refractivity contribution in [3.05, 3.63) is 46.8 Å². The van der Waals surface area contributed by atoms with Gasteiger partial charge in [0.05, 0.1) is 25.1 Å². The van der Waals surface area contributed by atoms with Crippen LogP contribution in [0.5, 0.6) is 11.5 Å². The van der Waals surface area contributed by atoms with Gasteiger partial charge in [-0.3, -0.25) is 4.79 Å². The molecule has 112 valence electrons. The highest BCUT2D eigenvalue weighted by Gasteiger charge is 2.12. The fourth-order valence-corrected chi connectivity index (χ4v) is 2.31. The first-order chi connectivity index (χ1) is 10.6. The lowest BCUT2D eigenvalue weighted by atomic mass is 10.1. The average molecular weight is 297 g/mol. The number of nitrogen functional groups attached to an aromatic ring is 1. The number of nitrogens with two attached hydrogens (primary N) is 1. The maximum absolute atomic E-state index is 12.3. The van der Waals surface area contributed by atoms with Gasteiger partial charge in [0, 0.05) is 17.3 Å². The van der Waals surface area contributed by atoms with Crippen LogP contribution in [-0.4, -0.2) is 24.2 Å². The summed E-state index contributed by atoms with van der Waals surface area (Å²) in [5.41, 5.74) is 7.42. The summed E-state index contributed by atoms with van der Waals surface area (Å²) in [6.45, 7) is 0. The molecule has 2 aromatic carbocycles. The van der Waals surface area contributed by atoms with Crippen molar-refractivity contribution in [2.75, 3.05) is 20.0 Å². The second-order valence-corrected chi connectivity index (χ2v) is 4.73. The van der Waals surface area contributed by atoms with Gasteiger partial charge < -0.3 is 20.2 Å². The summed E-state index contributed by atoms with van der Waals surface area (Å²) in [5, 5.41) is 0.427. The zero-order valence-electron chi connectivity index (χ0n) is 12.2. The van der Waals surface area contributed by atoms with Gasteiger partial charge in [0.2, 0.25) is 0 Å². The number of nitrogens with zero attached hydrogens (tertiary/aromatic N) is 1. The second kappa shape index (κ2) is 5.40. The minimum Gasteiger partial charge on any atom is -0.493 e. The van der Waals surface area contributed by atoms with Crippen molar-refractivity contribution >= 4 is 16.6 Å². The lowest BCUT2D eigenvalue weighted by Gasteiger charge is -2.10. The van der Waals surface area contributed by atoms with Crippen molar-refractivity contribution in [1.29, 1.82) is 0 Å². The Bertz CT molecular complexity index is 903. The predicted molar refractivity (Wildman–Crippen MR) is 85.3 cm³/mol. The van der Waals surface area contributed by atoms with Crippen molar-refractivity contribution < 1.29 is 9.47 Å². The van der Waals surface area contributed by atoms with E-state index in [0.29, 0.717) is 39.5 Å². The summed E-state index contributed by atoms with van der Waals surface area (Å²) in [7, 11) is 3.05. The molecule has 1 heterocycles. The van der Waals surface area contributed by atoms with Gasteiger partial charge in [-0.05, 0) is 18.2 Å². The third-order valence-electron chi connectivity index (χ3n) is 3.43. The summed E-state index contributed by atoms with van der Waals surface area (Å²) in [5.74, 6) is 1.41. The van der Waals surface area contributed by atoms with Gasteiger partial charge in [0.15, 0.2) is 11.5 Å². The number of hydrogen-bond acceptors (Lipinski definition) is 5. The largest absolute Gasteiger partial charge is 0.493 e. The molecule has 0 atom stereocenters. The second-order valence-electron chi connectivity index (χ2n) is 4.73. The molecule has 3 aromatic rings. The number of rotatable bonds is 3. The summed E-state index contributed by atoms with van der Waals surface area (Å²) in [4.78, 5) is 19.6. The number of hydrogen-bond donors (Lipinski definition) is 2. The molecule has 0 spiro atoms. The lowest BCUT2D eigenvalue weighted by Crippen LogP contribution is -2.10. The average Bonchev–Trinajstić information content (AvgIpc) is 2.54. The van der Waals surface area contributed by atoms with Crippen LogP contribution in [0.25, 0.3) is 22.3 Å². The highest BCUT2D eigenvalue weighted by molar-refractivity contribution is 5.84. The maximum Gasteiger partial charge on any atom is 0.259 e. The first-order valence-corrected chi connectivity index (χ1v) is 6.65. The lowest BCUT2D eigenvalue weighted by molar-refractivity contribution is 0.355. The molecule has 0 saturated carbocycles. The van der Waals surface area contributed by atoms with E-state index < -0.39 is 0 Å². The summed E-state index contributed by atoms with van der Waals surface area (Å²) >= 11 is 0. The molecule has 1 aromatic heterocycles. The molecule has 0 fully saturated rings. The van der Waals surface area contributed by atoms with E-state index in [1.54, 1.807) is 24.3 Å². The Balaban J connectivity index is 2.29. The minimum absolute atomic E-state index is 0.260. The summed E-state index contributed by atoms with van der Waals surface area (Å²) < 4.78 is 10.5. The standard InChI is InChI=1S/C16H15N3O3/c1-21-13-7-10-12(8-14(13)22-2)18-15(19-16(10)20)9-5-3-4-6-11(9)17/h3-8H,17H2,1-2H3,(H,18,19,20). The number of nitrogens with one attached hydrogen (secondary N) is 1. The van der Waals surface area contributed by atoms with Crippen LogP contribution in [-0.2, 0) is 0 Å². The van der Waals surface area contributed by atoms with Gasteiger partial charge in [-0.1, -0.05) is 12.1 Å². The molecule has 0 aliphatic carbocycles. The number of H-pyrrole nitrogens is 1. The zero-order chi connectivity index (χ0) is 15.7. The Kier molecular flexibility index (Phi) is 3.42. The Hall–Kier alpha value is -3.02. The fourth-order valence-electron chi connectivity index (χ4n) is 2.31. The van der Waals surface area contributed by atoms with E-state index in [9.17, 15) is 4.79 Å². The number of ether oxygens (including phenoxy) is 2. The molecule has 6 heteroatoms. The molecular weight excluding hydrogens is 282 g/mol. The molecule has 0 bridgehead atoms. The van der Waals surface area contributed by atoms with Crippen LogP contribution in [0.3, 0.4) is 0 Å². The topological polar surface area (TPSA) is 90.2 Å². The van der Waals surface area contributed by atoms with Crippen LogP contribution in [0.4, 0.5) is 5.69 Å². The Morgan fingerprint density at radius 2 is 1.77 bits per heavy atom. The van der Waals surface area contributed by atoms with E-state index in [1.165, 1.54) is 14.2 Å². The number of aromatic nitrogens is 2. The van der Waals surface area contributed by atoms with Gasteiger partial charge >= 0.3 is 0 Å². The zero-order valence-corrected chi connectivity index (χ0v) is 12.2. The smallest absolute Gasteiger partial charge is 0.259 e. The molecular formula is C16H15N3O3. The van der Waals surface area contributed by atoms with Crippen LogP contribution in [0.2, 0.25) is 0 Å².